The summed E-state index contributed by atoms with van der Waals surface area (Å²) in [6.07, 6.45) is 1.72. The van der Waals surface area contributed by atoms with Gasteiger partial charge in [-0.05, 0) is 12.5 Å². The number of hydrogen-bond acceptors (Lipinski definition) is 5. The maximum absolute atomic E-state index is 10.9. The maximum atomic E-state index is 10.9. The summed E-state index contributed by atoms with van der Waals surface area (Å²) < 4.78 is 0. The number of amides is 1. The Morgan fingerprint density at radius 1 is 1.69 bits per heavy atom. The summed E-state index contributed by atoms with van der Waals surface area (Å²) in [5.41, 5.74) is 5.36. The summed E-state index contributed by atoms with van der Waals surface area (Å²) in [5.74, 6) is -0.789. The predicted octanol–water partition coefficient (Wildman–Crippen LogP) is 0.476. The first kappa shape index (κ1) is 14.1. The molecule has 7 nitrogen and oxygen atoms in total. The van der Waals surface area contributed by atoms with Crippen molar-refractivity contribution in [2.75, 3.05) is 7.11 Å². The van der Waals surface area contributed by atoms with E-state index in [1.54, 1.807) is 6.92 Å². The lowest BCUT2D eigenvalue weighted by molar-refractivity contribution is -0.507. The van der Waals surface area contributed by atoms with Crippen molar-refractivity contribution < 1.29 is 14.6 Å². The molecule has 0 spiro atoms. The van der Waals surface area contributed by atoms with Crippen molar-refractivity contribution in [3.8, 4) is 0 Å². The van der Waals surface area contributed by atoms with Gasteiger partial charge in [-0.1, -0.05) is 12.1 Å². The first-order valence-electron chi connectivity index (χ1n) is 4.68. The summed E-state index contributed by atoms with van der Waals surface area (Å²) in [7, 11) is 1.26. The summed E-state index contributed by atoms with van der Waals surface area (Å²) in [4.78, 5) is 25.5. The fourth-order valence-electron chi connectivity index (χ4n) is 1.07. The Hall–Kier alpha value is -1.92. The number of nitrogens with zero attached hydrogens (tertiary/aromatic N) is 2. The zero-order chi connectivity index (χ0) is 12.7. The average Bonchev–Trinajstić information content (AvgIpc) is 2.22. The van der Waals surface area contributed by atoms with Crippen LogP contribution in [0.1, 0.15) is 20.3 Å². The third kappa shape index (κ3) is 4.07. The van der Waals surface area contributed by atoms with E-state index in [1.165, 1.54) is 20.1 Å². The van der Waals surface area contributed by atoms with E-state index in [0.29, 0.717) is 12.0 Å². The highest BCUT2D eigenvalue weighted by molar-refractivity contribution is 6.42. The SMILES string of the molecule is CCC(=CC(=NOC)C(N)=O)C(C)[N+](=O)[O-]. The molecule has 0 aliphatic rings. The molecule has 0 bridgehead atoms. The van der Waals surface area contributed by atoms with Crippen LogP contribution in [0.4, 0.5) is 0 Å². The molecule has 0 heterocycles. The number of nitro groups is 1. The van der Waals surface area contributed by atoms with Crippen LogP contribution in [0.3, 0.4) is 0 Å². The second kappa shape index (κ2) is 6.54. The minimum Gasteiger partial charge on any atom is -0.398 e. The smallest absolute Gasteiger partial charge is 0.270 e. The molecular weight excluding hydrogens is 214 g/mol. The minimum absolute atomic E-state index is 0.131. The highest BCUT2D eigenvalue weighted by atomic mass is 16.6. The maximum Gasteiger partial charge on any atom is 0.270 e. The number of oxime groups is 1. The lowest BCUT2D eigenvalue weighted by atomic mass is 10.0. The Bertz CT molecular complexity index is 336. The van der Waals surface area contributed by atoms with Gasteiger partial charge in [-0.15, -0.1) is 0 Å². The molecule has 0 fully saturated rings. The molecule has 1 atom stereocenters. The van der Waals surface area contributed by atoms with Gasteiger partial charge in [0.25, 0.3) is 5.91 Å². The van der Waals surface area contributed by atoms with E-state index in [4.69, 9.17) is 5.73 Å². The number of hydrogen-bond donors (Lipinski definition) is 1. The molecule has 0 saturated heterocycles. The molecule has 0 rings (SSSR count). The molecule has 1 unspecified atom stereocenters. The number of nitrogens with two attached hydrogens (primary N) is 1. The molecule has 0 radical (unpaired) electrons. The number of carbonyl (C=O) groups is 1. The van der Waals surface area contributed by atoms with Crippen molar-refractivity contribution >= 4 is 11.6 Å². The molecule has 1 amide bonds. The average molecular weight is 229 g/mol. The highest BCUT2D eigenvalue weighted by Gasteiger charge is 2.19. The van der Waals surface area contributed by atoms with Crippen LogP contribution in [-0.2, 0) is 9.63 Å². The van der Waals surface area contributed by atoms with Crippen LogP contribution < -0.4 is 5.73 Å². The summed E-state index contributed by atoms with van der Waals surface area (Å²) >= 11 is 0. The third-order valence-electron chi connectivity index (χ3n) is 2.03. The van der Waals surface area contributed by atoms with Crippen molar-refractivity contribution in [3.05, 3.63) is 21.8 Å². The van der Waals surface area contributed by atoms with Gasteiger partial charge in [0.15, 0.2) is 5.71 Å². The summed E-state index contributed by atoms with van der Waals surface area (Å²) in [5, 5.41) is 14.0. The molecule has 16 heavy (non-hydrogen) atoms. The second-order valence-electron chi connectivity index (χ2n) is 3.06. The van der Waals surface area contributed by atoms with E-state index in [1.807, 2.05) is 0 Å². The molecule has 0 aromatic rings. The first-order chi connectivity index (χ1) is 7.43. The van der Waals surface area contributed by atoms with Gasteiger partial charge in [0, 0.05) is 17.4 Å². The Morgan fingerprint density at radius 3 is 2.56 bits per heavy atom. The van der Waals surface area contributed by atoms with Crippen molar-refractivity contribution in [2.24, 2.45) is 10.9 Å². The van der Waals surface area contributed by atoms with Crippen molar-refractivity contribution in [3.63, 3.8) is 0 Å². The van der Waals surface area contributed by atoms with E-state index in [0.717, 1.165) is 0 Å². The zero-order valence-electron chi connectivity index (χ0n) is 9.47. The molecule has 2 N–H and O–H groups in total. The quantitative estimate of drug-likeness (QED) is 0.405. The van der Waals surface area contributed by atoms with Gasteiger partial charge in [-0.2, -0.15) is 0 Å². The van der Waals surface area contributed by atoms with Gasteiger partial charge in [-0.3, -0.25) is 14.9 Å². The fraction of sp³-hybridized carbons (Fsp3) is 0.556. The zero-order valence-corrected chi connectivity index (χ0v) is 9.47. The van der Waals surface area contributed by atoms with E-state index in [-0.39, 0.29) is 5.71 Å². The molecular formula is C9H15N3O4. The van der Waals surface area contributed by atoms with Crippen molar-refractivity contribution in [2.45, 2.75) is 26.3 Å². The number of primary amides is 1. The minimum atomic E-state index is -0.883. The normalized spacial score (nSPS) is 14.4. The highest BCUT2D eigenvalue weighted by Crippen LogP contribution is 2.10. The predicted molar refractivity (Wildman–Crippen MR) is 58.5 cm³/mol. The van der Waals surface area contributed by atoms with Gasteiger partial charge in [0.2, 0.25) is 6.04 Å². The second-order valence-corrected chi connectivity index (χ2v) is 3.06. The van der Waals surface area contributed by atoms with Crippen LogP contribution in [0, 0.1) is 10.1 Å². The van der Waals surface area contributed by atoms with Crippen molar-refractivity contribution in [1.82, 2.24) is 0 Å². The van der Waals surface area contributed by atoms with Crippen molar-refractivity contribution in [1.29, 1.82) is 0 Å². The van der Waals surface area contributed by atoms with Crippen LogP contribution in [0.2, 0.25) is 0 Å². The van der Waals surface area contributed by atoms with Crippen LogP contribution in [0.25, 0.3) is 0 Å². The van der Waals surface area contributed by atoms with E-state index >= 15 is 0 Å². The standard InChI is InChI=1S/C9H15N3O4/c1-4-7(6(2)12(14)15)5-8(9(10)13)11-16-3/h5-6H,4H2,1-3H3,(H2,10,13). The summed E-state index contributed by atoms with van der Waals surface area (Å²) in [6.45, 7) is 3.18. The molecule has 90 valence electrons. The van der Waals surface area contributed by atoms with E-state index in [2.05, 4.69) is 9.99 Å². The van der Waals surface area contributed by atoms with Gasteiger partial charge in [-0.25, -0.2) is 0 Å². The van der Waals surface area contributed by atoms with Gasteiger partial charge in [0.1, 0.15) is 7.11 Å². The molecule has 0 saturated carbocycles. The third-order valence-corrected chi connectivity index (χ3v) is 2.03. The molecule has 0 aromatic carbocycles. The van der Waals surface area contributed by atoms with E-state index < -0.39 is 16.9 Å². The molecule has 0 aliphatic heterocycles. The number of carbonyl (C=O) groups excluding carboxylic acids is 1. The summed E-state index contributed by atoms with van der Waals surface area (Å²) in [6, 6.07) is -0.883. The Morgan fingerprint density at radius 2 is 2.25 bits per heavy atom. The molecule has 0 aliphatic carbocycles. The van der Waals surface area contributed by atoms with E-state index in [9.17, 15) is 14.9 Å². The largest absolute Gasteiger partial charge is 0.398 e. The van der Waals surface area contributed by atoms with Crippen LogP contribution in [0.5, 0.6) is 0 Å². The first-order valence-corrected chi connectivity index (χ1v) is 4.68. The monoisotopic (exact) mass is 229 g/mol. The van der Waals surface area contributed by atoms with Gasteiger partial charge in [0.05, 0.1) is 0 Å². The van der Waals surface area contributed by atoms with Gasteiger partial charge >= 0.3 is 0 Å². The van der Waals surface area contributed by atoms with Crippen LogP contribution in [0.15, 0.2) is 16.8 Å². The van der Waals surface area contributed by atoms with Gasteiger partial charge < -0.3 is 10.6 Å². The Kier molecular flexibility index (Phi) is 5.76. The Labute approximate surface area is 93.1 Å². The Balaban J connectivity index is 5.13. The molecule has 7 heteroatoms. The molecule has 0 aromatic heterocycles. The van der Waals surface area contributed by atoms with Crippen LogP contribution in [-0.4, -0.2) is 29.7 Å². The number of rotatable bonds is 6. The van der Waals surface area contributed by atoms with Crippen LogP contribution >= 0.6 is 0 Å². The lowest BCUT2D eigenvalue weighted by Gasteiger charge is -2.06. The fourth-order valence-corrected chi connectivity index (χ4v) is 1.07. The lowest BCUT2D eigenvalue weighted by Crippen LogP contribution is -2.24. The topological polar surface area (TPSA) is 108 Å².